The van der Waals surface area contributed by atoms with Gasteiger partial charge < -0.3 is 4.74 Å². The van der Waals surface area contributed by atoms with Crippen molar-refractivity contribution < 1.29 is 17.9 Å². The van der Waals surface area contributed by atoms with Crippen LogP contribution in [0.4, 0.5) is 13.2 Å². The van der Waals surface area contributed by atoms with E-state index in [1.54, 1.807) is 0 Å². The van der Waals surface area contributed by atoms with Crippen LogP contribution in [0, 0.1) is 0 Å². The number of pyridine rings is 1. The zero-order valence-corrected chi connectivity index (χ0v) is 10.6. The molecule has 0 atom stereocenters. The van der Waals surface area contributed by atoms with E-state index in [4.69, 9.17) is 4.74 Å². The van der Waals surface area contributed by atoms with Gasteiger partial charge in [0.2, 0.25) is 0 Å². The largest absolute Gasteiger partial charge is 0.418 e. The van der Waals surface area contributed by atoms with Crippen molar-refractivity contribution in [2.45, 2.75) is 19.0 Å². The second-order valence-electron chi connectivity index (χ2n) is 4.55. The Hall–Kier alpha value is -1.14. The highest BCUT2D eigenvalue weighted by Gasteiger charge is 2.33. The van der Waals surface area contributed by atoms with Gasteiger partial charge in [0.15, 0.2) is 0 Å². The molecule has 0 radical (unpaired) electrons. The molecule has 0 aliphatic carbocycles. The lowest BCUT2D eigenvalue weighted by Gasteiger charge is -2.26. The molecule has 0 spiro atoms. The van der Waals surface area contributed by atoms with Gasteiger partial charge in [0.05, 0.1) is 24.5 Å². The minimum Gasteiger partial charge on any atom is -0.379 e. The van der Waals surface area contributed by atoms with Gasteiger partial charge in [-0.05, 0) is 31.5 Å². The van der Waals surface area contributed by atoms with E-state index in [0.29, 0.717) is 26.1 Å². The standard InChI is InChI=1S/C13H17F3N2O/c14-13(15,16)11-3-1-5-17-12(11)4-2-6-18-7-9-19-10-8-18/h1,3,5H,2,4,6-10H2. The monoisotopic (exact) mass is 274 g/mol. The fourth-order valence-electron chi connectivity index (χ4n) is 2.19. The van der Waals surface area contributed by atoms with Crippen LogP contribution < -0.4 is 0 Å². The zero-order valence-electron chi connectivity index (χ0n) is 10.6. The van der Waals surface area contributed by atoms with Crippen LogP contribution in [0.5, 0.6) is 0 Å². The Balaban J connectivity index is 1.88. The Morgan fingerprint density at radius 1 is 1.26 bits per heavy atom. The highest BCUT2D eigenvalue weighted by Crippen LogP contribution is 2.31. The van der Waals surface area contributed by atoms with Crippen molar-refractivity contribution in [3.63, 3.8) is 0 Å². The van der Waals surface area contributed by atoms with E-state index in [1.807, 2.05) is 0 Å². The average molecular weight is 274 g/mol. The van der Waals surface area contributed by atoms with E-state index in [0.717, 1.165) is 25.7 Å². The predicted molar refractivity (Wildman–Crippen MR) is 64.8 cm³/mol. The molecule has 0 N–H and O–H groups in total. The molecule has 2 heterocycles. The van der Waals surface area contributed by atoms with Crippen molar-refractivity contribution >= 4 is 0 Å². The topological polar surface area (TPSA) is 25.4 Å². The van der Waals surface area contributed by atoms with Crippen LogP contribution in [-0.4, -0.2) is 42.7 Å². The number of aryl methyl sites for hydroxylation is 1. The molecule has 1 aromatic rings. The minimum absolute atomic E-state index is 0.142. The lowest BCUT2D eigenvalue weighted by molar-refractivity contribution is -0.138. The zero-order chi connectivity index (χ0) is 13.7. The maximum absolute atomic E-state index is 12.8. The van der Waals surface area contributed by atoms with E-state index in [1.165, 1.54) is 12.3 Å². The molecule has 19 heavy (non-hydrogen) atoms. The third kappa shape index (κ3) is 4.18. The van der Waals surface area contributed by atoms with Crippen molar-refractivity contribution in [1.82, 2.24) is 9.88 Å². The summed E-state index contributed by atoms with van der Waals surface area (Å²) in [5, 5.41) is 0. The molecule has 1 aromatic heterocycles. The van der Waals surface area contributed by atoms with Gasteiger partial charge in [-0.2, -0.15) is 13.2 Å². The highest BCUT2D eigenvalue weighted by molar-refractivity contribution is 5.23. The number of hydrogen-bond acceptors (Lipinski definition) is 3. The van der Waals surface area contributed by atoms with Gasteiger partial charge in [0.1, 0.15) is 0 Å². The van der Waals surface area contributed by atoms with E-state index in [2.05, 4.69) is 9.88 Å². The van der Waals surface area contributed by atoms with Crippen LogP contribution in [-0.2, 0) is 17.3 Å². The summed E-state index contributed by atoms with van der Waals surface area (Å²) in [5.74, 6) is 0. The SMILES string of the molecule is FC(F)(F)c1cccnc1CCCN1CCOCC1. The first-order valence-corrected chi connectivity index (χ1v) is 6.38. The number of nitrogens with zero attached hydrogens (tertiary/aromatic N) is 2. The average Bonchev–Trinajstić information content (AvgIpc) is 2.39. The first-order chi connectivity index (χ1) is 9.07. The Kier molecular flexibility index (Phi) is 4.76. The molecule has 0 amide bonds. The molecule has 106 valence electrons. The number of aromatic nitrogens is 1. The number of ether oxygens (including phenoxy) is 1. The molecule has 1 aliphatic rings. The van der Waals surface area contributed by atoms with Gasteiger partial charge in [-0.15, -0.1) is 0 Å². The summed E-state index contributed by atoms with van der Waals surface area (Å²) >= 11 is 0. The molecule has 2 rings (SSSR count). The Morgan fingerprint density at radius 3 is 2.68 bits per heavy atom. The molecule has 3 nitrogen and oxygen atoms in total. The maximum Gasteiger partial charge on any atom is 0.418 e. The van der Waals surface area contributed by atoms with Crippen LogP contribution in [0.25, 0.3) is 0 Å². The number of hydrogen-bond donors (Lipinski definition) is 0. The van der Waals surface area contributed by atoms with Gasteiger partial charge in [-0.25, -0.2) is 0 Å². The summed E-state index contributed by atoms with van der Waals surface area (Å²) in [7, 11) is 0. The molecule has 1 aliphatic heterocycles. The fourth-order valence-corrected chi connectivity index (χ4v) is 2.19. The van der Waals surface area contributed by atoms with E-state index in [9.17, 15) is 13.2 Å². The summed E-state index contributed by atoms with van der Waals surface area (Å²) in [6, 6.07) is 2.42. The second kappa shape index (κ2) is 6.34. The van der Waals surface area contributed by atoms with E-state index >= 15 is 0 Å². The summed E-state index contributed by atoms with van der Waals surface area (Å²) < 4.78 is 43.5. The third-order valence-corrected chi connectivity index (χ3v) is 3.19. The quantitative estimate of drug-likeness (QED) is 0.843. The van der Waals surface area contributed by atoms with Crippen molar-refractivity contribution in [2.24, 2.45) is 0 Å². The third-order valence-electron chi connectivity index (χ3n) is 3.19. The van der Waals surface area contributed by atoms with E-state index in [-0.39, 0.29) is 5.69 Å². The first-order valence-electron chi connectivity index (χ1n) is 6.38. The molecule has 0 aromatic carbocycles. The second-order valence-corrected chi connectivity index (χ2v) is 4.55. The molecule has 0 bridgehead atoms. The summed E-state index contributed by atoms with van der Waals surface area (Å²) in [5.41, 5.74) is -0.472. The van der Waals surface area contributed by atoms with Crippen molar-refractivity contribution in [1.29, 1.82) is 0 Å². The van der Waals surface area contributed by atoms with Gasteiger partial charge in [0.25, 0.3) is 0 Å². The van der Waals surface area contributed by atoms with Gasteiger partial charge in [-0.1, -0.05) is 0 Å². The molecule has 0 unspecified atom stereocenters. The lowest BCUT2D eigenvalue weighted by Crippen LogP contribution is -2.37. The van der Waals surface area contributed by atoms with Crippen LogP contribution in [0.1, 0.15) is 17.7 Å². The fraction of sp³-hybridized carbons (Fsp3) is 0.615. The molecule has 6 heteroatoms. The molecule has 1 saturated heterocycles. The van der Waals surface area contributed by atoms with Crippen LogP contribution in [0.2, 0.25) is 0 Å². The number of halogens is 3. The highest BCUT2D eigenvalue weighted by atomic mass is 19.4. The predicted octanol–water partition coefficient (Wildman–Crippen LogP) is 2.37. The molecular formula is C13H17F3N2O. The smallest absolute Gasteiger partial charge is 0.379 e. The maximum atomic E-state index is 12.8. The van der Waals surface area contributed by atoms with Gasteiger partial charge in [-0.3, -0.25) is 9.88 Å². The van der Waals surface area contributed by atoms with Gasteiger partial charge in [0, 0.05) is 19.3 Å². The van der Waals surface area contributed by atoms with Crippen molar-refractivity contribution in [2.75, 3.05) is 32.8 Å². The first kappa shape index (κ1) is 14.3. The minimum atomic E-state index is -4.32. The molecule has 1 fully saturated rings. The summed E-state index contributed by atoms with van der Waals surface area (Å²) in [6.45, 7) is 3.91. The Morgan fingerprint density at radius 2 is 2.00 bits per heavy atom. The number of alkyl halides is 3. The van der Waals surface area contributed by atoms with Crippen LogP contribution >= 0.6 is 0 Å². The number of morpholine rings is 1. The molecular weight excluding hydrogens is 257 g/mol. The van der Waals surface area contributed by atoms with Crippen molar-refractivity contribution in [3.05, 3.63) is 29.6 Å². The van der Waals surface area contributed by atoms with Crippen LogP contribution in [0.3, 0.4) is 0 Å². The lowest BCUT2D eigenvalue weighted by atomic mass is 10.1. The number of rotatable bonds is 4. The van der Waals surface area contributed by atoms with Crippen molar-refractivity contribution in [3.8, 4) is 0 Å². The van der Waals surface area contributed by atoms with E-state index < -0.39 is 11.7 Å². The Bertz CT molecular complexity index is 403. The molecule has 0 saturated carbocycles. The Labute approximate surface area is 110 Å². The van der Waals surface area contributed by atoms with Gasteiger partial charge >= 0.3 is 6.18 Å². The summed E-state index contributed by atoms with van der Waals surface area (Å²) in [4.78, 5) is 6.07. The van der Waals surface area contributed by atoms with Crippen LogP contribution in [0.15, 0.2) is 18.3 Å². The summed E-state index contributed by atoms with van der Waals surface area (Å²) in [6.07, 6.45) is -1.87. The normalized spacial score (nSPS) is 17.6.